The summed E-state index contributed by atoms with van der Waals surface area (Å²) in [5, 5.41) is 5.07. The number of ether oxygens (including phenoxy) is 1. The number of cyclic esters (lactones) is 1. The van der Waals surface area contributed by atoms with Gasteiger partial charge in [0.2, 0.25) is 5.91 Å². The minimum atomic E-state index is -0.681. The number of imide groups is 1. The second-order valence-corrected chi connectivity index (χ2v) is 6.90. The molecule has 1 saturated heterocycles. The third kappa shape index (κ3) is 4.11. The van der Waals surface area contributed by atoms with Crippen LogP contribution in [0.15, 0.2) is 72.8 Å². The molecule has 1 aliphatic rings. The Morgan fingerprint density at radius 1 is 0.966 bits per heavy atom. The predicted molar refractivity (Wildman–Crippen MR) is 108 cm³/mol. The highest BCUT2D eigenvalue weighted by atomic mass is 16.6. The first kappa shape index (κ1) is 18.7. The van der Waals surface area contributed by atoms with Crippen molar-refractivity contribution >= 4 is 28.7 Å². The topological polar surface area (TPSA) is 75.7 Å². The lowest BCUT2D eigenvalue weighted by molar-refractivity contribution is -0.127. The Kier molecular flexibility index (Phi) is 5.24. The Hall–Kier alpha value is -3.67. The van der Waals surface area contributed by atoms with E-state index in [0.717, 1.165) is 26.8 Å². The van der Waals surface area contributed by atoms with Crippen molar-refractivity contribution in [1.82, 2.24) is 10.2 Å². The molecule has 29 heavy (non-hydrogen) atoms. The molecule has 4 rings (SSSR count). The summed E-state index contributed by atoms with van der Waals surface area (Å²) in [5.41, 5.74) is 1.73. The lowest BCUT2D eigenvalue weighted by Crippen LogP contribution is -2.40. The van der Waals surface area contributed by atoms with E-state index in [0.29, 0.717) is 0 Å². The summed E-state index contributed by atoms with van der Waals surface area (Å²) in [5.74, 6) is -0.588. The quantitative estimate of drug-likeness (QED) is 0.704. The molecule has 3 aromatic carbocycles. The van der Waals surface area contributed by atoms with Gasteiger partial charge < -0.3 is 10.1 Å². The Bertz CT molecular complexity index is 1040. The van der Waals surface area contributed by atoms with E-state index in [1.165, 1.54) is 0 Å². The molecule has 6 nitrogen and oxygen atoms in total. The van der Waals surface area contributed by atoms with Crippen molar-refractivity contribution in [2.75, 3.05) is 13.2 Å². The molecule has 1 atom stereocenters. The average Bonchev–Trinajstić information content (AvgIpc) is 3.06. The molecule has 146 valence electrons. The number of amides is 3. The van der Waals surface area contributed by atoms with Crippen molar-refractivity contribution in [3.8, 4) is 0 Å². The Balaban J connectivity index is 1.54. The molecule has 1 aliphatic heterocycles. The van der Waals surface area contributed by atoms with E-state index < -0.39 is 18.0 Å². The van der Waals surface area contributed by atoms with Gasteiger partial charge in [0.05, 0.1) is 19.0 Å². The first-order valence-electron chi connectivity index (χ1n) is 9.40. The van der Waals surface area contributed by atoms with E-state index in [2.05, 4.69) is 5.32 Å². The average molecular weight is 388 g/mol. The van der Waals surface area contributed by atoms with Crippen LogP contribution < -0.4 is 5.32 Å². The molecule has 0 radical (unpaired) electrons. The van der Waals surface area contributed by atoms with E-state index in [1.54, 1.807) is 0 Å². The highest BCUT2D eigenvalue weighted by Gasteiger charge is 2.33. The molecule has 0 aromatic heterocycles. The predicted octanol–water partition coefficient (Wildman–Crippen LogP) is 3.22. The van der Waals surface area contributed by atoms with E-state index >= 15 is 0 Å². The number of fused-ring (bicyclic) bond motifs is 1. The highest BCUT2D eigenvalue weighted by molar-refractivity contribution is 5.98. The third-order valence-electron chi connectivity index (χ3n) is 4.97. The summed E-state index contributed by atoms with van der Waals surface area (Å²) in [6, 6.07) is 22.5. The van der Waals surface area contributed by atoms with Crippen LogP contribution in [0.25, 0.3) is 10.8 Å². The summed E-state index contributed by atoms with van der Waals surface area (Å²) < 4.78 is 4.79. The standard InChI is InChI=1S/C23H20N2O4/c26-21(13-18-11-6-10-16-7-4-5-12-19(16)18)24-20(17-8-2-1-3-9-17)14-25-22(27)15-29-23(25)28/h1-12,20H,13-15H2,(H,24,26). The Morgan fingerprint density at radius 2 is 1.69 bits per heavy atom. The van der Waals surface area contributed by atoms with Crippen LogP contribution in [-0.4, -0.2) is 36.0 Å². The van der Waals surface area contributed by atoms with E-state index in [4.69, 9.17) is 4.74 Å². The van der Waals surface area contributed by atoms with Gasteiger partial charge in [0.1, 0.15) is 0 Å². The van der Waals surface area contributed by atoms with Crippen LogP contribution >= 0.6 is 0 Å². The maximum absolute atomic E-state index is 12.8. The number of hydrogen-bond donors (Lipinski definition) is 1. The van der Waals surface area contributed by atoms with Crippen molar-refractivity contribution in [2.45, 2.75) is 12.5 Å². The molecule has 3 amide bonds. The normalized spacial score (nSPS) is 14.7. The summed E-state index contributed by atoms with van der Waals surface area (Å²) in [6.45, 7) is -0.229. The van der Waals surface area contributed by atoms with Gasteiger partial charge in [0.25, 0.3) is 5.91 Å². The number of rotatable bonds is 6. The van der Waals surface area contributed by atoms with Crippen LogP contribution in [-0.2, 0) is 20.7 Å². The number of benzene rings is 3. The fourth-order valence-corrected chi connectivity index (χ4v) is 3.52. The largest absolute Gasteiger partial charge is 0.439 e. The van der Waals surface area contributed by atoms with Crippen LogP contribution in [0, 0.1) is 0 Å². The Labute approximate surface area is 168 Å². The van der Waals surface area contributed by atoms with Crippen LogP contribution in [0.4, 0.5) is 4.79 Å². The van der Waals surface area contributed by atoms with E-state index in [-0.39, 0.29) is 25.5 Å². The fourth-order valence-electron chi connectivity index (χ4n) is 3.52. The molecule has 0 aliphatic carbocycles. The SMILES string of the molecule is O=C(Cc1cccc2ccccc12)NC(CN1C(=O)COC1=O)c1ccccc1. The van der Waals surface area contributed by atoms with Crippen LogP contribution in [0.2, 0.25) is 0 Å². The van der Waals surface area contributed by atoms with Gasteiger partial charge in [-0.2, -0.15) is 0 Å². The molecule has 0 bridgehead atoms. The van der Waals surface area contributed by atoms with Gasteiger partial charge in [-0.15, -0.1) is 0 Å². The fraction of sp³-hybridized carbons (Fsp3) is 0.174. The maximum Gasteiger partial charge on any atom is 0.417 e. The lowest BCUT2D eigenvalue weighted by Gasteiger charge is -2.23. The van der Waals surface area contributed by atoms with Crippen molar-refractivity contribution in [2.24, 2.45) is 0 Å². The highest BCUT2D eigenvalue weighted by Crippen LogP contribution is 2.21. The summed E-state index contributed by atoms with van der Waals surface area (Å²) in [4.78, 5) is 37.7. The zero-order valence-electron chi connectivity index (χ0n) is 15.7. The van der Waals surface area contributed by atoms with Crippen LogP contribution in [0.5, 0.6) is 0 Å². The molecule has 1 heterocycles. The third-order valence-corrected chi connectivity index (χ3v) is 4.97. The zero-order valence-corrected chi connectivity index (χ0v) is 15.7. The van der Waals surface area contributed by atoms with Gasteiger partial charge in [-0.25, -0.2) is 9.69 Å². The second kappa shape index (κ2) is 8.14. The van der Waals surface area contributed by atoms with Crippen molar-refractivity contribution in [3.63, 3.8) is 0 Å². The maximum atomic E-state index is 12.8. The molecule has 0 spiro atoms. The minimum Gasteiger partial charge on any atom is -0.439 e. The van der Waals surface area contributed by atoms with Crippen molar-refractivity contribution in [1.29, 1.82) is 0 Å². The number of hydrogen-bond acceptors (Lipinski definition) is 4. The lowest BCUT2D eigenvalue weighted by atomic mass is 10.0. The number of carbonyl (C=O) groups is 3. The first-order valence-corrected chi connectivity index (χ1v) is 9.40. The molecule has 3 aromatic rings. The number of nitrogens with one attached hydrogen (secondary N) is 1. The van der Waals surface area contributed by atoms with E-state index in [1.807, 2.05) is 72.8 Å². The molecule has 1 unspecified atom stereocenters. The van der Waals surface area contributed by atoms with Crippen LogP contribution in [0.3, 0.4) is 0 Å². The van der Waals surface area contributed by atoms with E-state index in [9.17, 15) is 14.4 Å². The first-order chi connectivity index (χ1) is 14.1. The van der Waals surface area contributed by atoms with Gasteiger partial charge in [-0.05, 0) is 21.9 Å². The van der Waals surface area contributed by atoms with Gasteiger partial charge >= 0.3 is 6.09 Å². The molecular formula is C23H20N2O4. The summed E-state index contributed by atoms with van der Waals surface area (Å²) >= 11 is 0. The molecule has 1 fully saturated rings. The van der Waals surface area contributed by atoms with Gasteiger partial charge in [-0.1, -0.05) is 72.8 Å². The van der Waals surface area contributed by atoms with Crippen molar-refractivity contribution in [3.05, 3.63) is 83.9 Å². The Morgan fingerprint density at radius 3 is 2.45 bits per heavy atom. The smallest absolute Gasteiger partial charge is 0.417 e. The zero-order chi connectivity index (χ0) is 20.2. The summed E-state index contributed by atoms with van der Waals surface area (Å²) in [6.07, 6.45) is -0.484. The summed E-state index contributed by atoms with van der Waals surface area (Å²) in [7, 11) is 0. The van der Waals surface area contributed by atoms with Crippen LogP contribution in [0.1, 0.15) is 17.2 Å². The van der Waals surface area contributed by atoms with Gasteiger partial charge in [0.15, 0.2) is 6.61 Å². The molecule has 1 N–H and O–H groups in total. The monoisotopic (exact) mass is 388 g/mol. The second-order valence-electron chi connectivity index (χ2n) is 6.90. The molecule has 0 saturated carbocycles. The van der Waals surface area contributed by atoms with Gasteiger partial charge in [0, 0.05) is 0 Å². The molecule has 6 heteroatoms. The minimum absolute atomic E-state index is 0.0307. The molecular weight excluding hydrogens is 368 g/mol. The number of nitrogens with zero attached hydrogens (tertiary/aromatic N) is 1. The van der Waals surface area contributed by atoms with Gasteiger partial charge in [-0.3, -0.25) is 9.59 Å². The number of carbonyl (C=O) groups excluding carboxylic acids is 3. The van der Waals surface area contributed by atoms with Crippen molar-refractivity contribution < 1.29 is 19.1 Å².